The molecule has 0 atom stereocenters. The average Bonchev–Trinajstić information content (AvgIpc) is 3.04. The fourth-order valence-electron chi connectivity index (χ4n) is 2.80. The van der Waals surface area contributed by atoms with Gasteiger partial charge < -0.3 is 0 Å². The summed E-state index contributed by atoms with van der Waals surface area (Å²) in [6, 6.07) is 14.3. The molecule has 0 amide bonds. The van der Waals surface area contributed by atoms with Gasteiger partial charge >= 0.3 is 0 Å². The highest BCUT2D eigenvalue weighted by molar-refractivity contribution is 7.99. The van der Waals surface area contributed by atoms with E-state index in [2.05, 4.69) is 16.9 Å². The third-order valence-corrected chi connectivity index (χ3v) is 4.76. The van der Waals surface area contributed by atoms with Crippen LogP contribution in [0.25, 0.3) is 28.0 Å². The van der Waals surface area contributed by atoms with E-state index in [1.54, 1.807) is 30.1 Å². The number of pyridine rings is 1. The maximum atomic E-state index is 13.3. The summed E-state index contributed by atoms with van der Waals surface area (Å²) in [6.07, 6.45) is 3.24. The highest BCUT2D eigenvalue weighted by Crippen LogP contribution is 2.35. The molecule has 6 heteroatoms. The van der Waals surface area contributed by atoms with Crippen molar-refractivity contribution in [1.82, 2.24) is 19.6 Å². The first-order valence-electron chi connectivity index (χ1n) is 7.95. The summed E-state index contributed by atoms with van der Waals surface area (Å²) in [5.41, 5.74) is 4.32. The van der Waals surface area contributed by atoms with E-state index in [-0.39, 0.29) is 5.82 Å². The van der Waals surface area contributed by atoms with Gasteiger partial charge in [-0.1, -0.05) is 13.0 Å². The van der Waals surface area contributed by atoms with Crippen LogP contribution in [0.15, 0.2) is 66.1 Å². The summed E-state index contributed by atoms with van der Waals surface area (Å²) < 4.78 is 15.3. The van der Waals surface area contributed by atoms with Crippen LogP contribution in [0.5, 0.6) is 0 Å². The molecule has 0 saturated carbocycles. The molecular formula is C19H15FN4S. The molecule has 0 N–H and O–H groups in total. The Morgan fingerprint density at radius 3 is 2.64 bits per heavy atom. The number of halogens is 1. The summed E-state index contributed by atoms with van der Waals surface area (Å²) in [5.74, 6) is 0.687. The molecule has 1 aromatic carbocycles. The molecule has 0 fully saturated rings. The first kappa shape index (κ1) is 15.8. The Bertz CT molecular complexity index is 1010. The number of hydrogen-bond donors (Lipinski definition) is 0. The quantitative estimate of drug-likeness (QED) is 0.500. The molecule has 3 aromatic heterocycles. The second kappa shape index (κ2) is 6.64. The monoisotopic (exact) mass is 350 g/mol. The lowest BCUT2D eigenvalue weighted by molar-refractivity contribution is 0.628. The minimum atomic E-state index is -0.265. The zero-order valence-electron chi connectivity index (χ0n) is 13.6. The average molecular weight is 350 g/mol. The van der Waals surface area contributed by atoms with Gasteiger partial charge in [-0.15, -0.1) is 11.8 Å². The molecule has 3 heterocycles. The Labute approximate surface area is 148 Å². The van der Waals surface area contributed by atoms with Gasteiger partial charge in [0.05, 0.1) is 21.8 Å². The molecule has 4 nitrogen and oxygen atoms in total. The molecular weight excluding hydrogens is 335 g/mol. The Balaban J connectivity index is 2.03. The molecule has 0 saturated heterocycles. The van der Waals surface area contributed by atoms with Crippen molar-refractivity contribution in [1.29, 1.82) is 0 Å². The van der Waals surface area contributed by atoms with Crippen molar-refractivity contribution in [3.8, 4) is 22.5 Å². The molecule has 0 aliphatic heterocycles. The first-order valence-corrected chi connectivity index (χ1v) is 8.93. The Kier molecular flexibility index (Phi) is 4.19. The van der Waals surface area contributed by atoms with E-state index in [4.69, 9.17) is 5.10 Å². The summed E-state index contributed by atoms with van der Waals surface area (Å²) >= 11 is 1.73. The molecule has 0 unspecified atom stereocenters. The highest BCUT2D eigenvalue weighted by Gasteiger charge is 2.18. The van der Waals surface area contributed by atoms with Gasteiger partial charge in [0.25, 0.3) is 0 Å². The minimum absolute atomic E-state index is 0.265. The topological polar surface area (TPSA) is 43.1 Å². The van der Waals surface area contributed by atoms with E-state index < -0.39 is 0 Å². The number of nitrogens with zero attached hydrogens (tertiary/aromatic N) is 4. The molecule has 0 bridgehead atoms. The van der Waals surface area contributed by atoms with Crippen molar-refractivity contribution >= 4 is 17.3 Å². The van der Waals surface area contributed by atoms with E-state index in [0.29, 0.717) is 0 Å². The van der Waals surface area contributed by atoms with Crippen LogP contribution < -0.4 is 0 Å². The van der Waals surface area contributed by atoms with Crippen LogP contribution in [0, 0.1) is 5.82 Å². The van der Waals surface area contributed by atoms with Crippen LogP contribution in [-0.2, 0) is 0 Å². The lowest BCUT2D eigenvalue weighted by atomic mass is 10.0. The van der Waals surface area contributed by atoms with Gasteiger partial charge in [0.15, 0.2) is 0 Å². The van der Waals surface area contributed by atoms with E-state index >= 15 is 0 Å². The van der Waals surface area contributed by atoms with Crippen LogP contribution in [-0.4, -0.2) is 25.3 Å². The summed E-state index contributed by atoms with van der Waals surface area (Å²) in [7, 11) is 0. The Morgan fingerprint density at radius 1 is 1.08 bits per heavy atom. The van der Waals surface area contributed by atoms with E-state index in [1.165, 1.54) is 18.5 Å². The SMILES string of the molecule is CCSc1cccc2c(-c3ccncn3)c(-c3ccc(F)cc3)nn12. The standard InChI is InChI=1S/C19H15FN4S/c1-2-25-17-5-3-4-16-18(15-10-11-21-12-22-15)19(23-24(16)17)13-6-8-14(20)9-7-13/h3-12H,2H2,1H3. The van der Waals surface area contributed by atoms with Crippen molar-refractivity contribution in [3.05, 3.63) is 66.9 Å². The highest BCUT2D eigenvalue weighted by atomic mass is 32.2. The Morgan fingerprint density at radius 2 is 1.92 bits per heavy atom. The van der Waals surface area contributed by atoms with E-state index in [0.717, 1.165) is 38.8 Å². The zero-order valence-corrected chi connectivity index (χ0v) is 14.4. The maximum Gasteiger partial charge on any atom is 0.123 e. The van der Waals surface area contributed by atoms with Gasteiger partial charge in [-0.05, 0) is 48.2 Å². The molecule has 4 rings (SSSR count). The summed E-state index contributed by atoms with van der Waals surface area (Å²) in [5, 5.41) is 5.88. The van der Waals surface area contributed by atoms with Crippen LogP contribution in [0.2, 0.25) is 0 Å². The normalized spacial score (nSPS) is 11.1. The van der Waals surface area contributed by atoms with Gasteiger partial charge in [-0.25, -0.2) is 18.9 Å². The third-order valence-electron chi connectivity index (χ3n) is 3.87. The molecule has 0 radical (unpaired) electrons. The van der Waals surface area contributed by atoms with Crippen LogP contribution in [0.3, 0.4) is 0 Å². The van der Waals surface area contributed by atoms with Crippen molar-refractivity contribution < 1.29 is 4.39 Å². The van der Waals surface area contributed by atoms with E-state index in [1.807, 2.05) is 28.8 Å². The smallest absolute Gasteiger partial charge is 0.123 e. The predicted molar refractivity (Wildman–Crippen MR) is 98.0 cm³/mol. The van der Waals surface area contributed by atoms with Gasteiger partial charge in [-0.3, -0.25) is 0 Å². The molecule has 25 heavy (non-hydrogen) atoms. The number of thioether (sulfide) groups is 1. The van der Waals surface area contributed by atoms with Gasteiger partial charge in [0.1, 0.15) is 17.8 Å². The molecule has 0 aliphatic rings. The van der Waals surface area contributed by atoms with Crippen molar-refractivity contribution in [3.63, 3.8) is 0 Å². The Hall–Kier alpha value is -2.73. The largest absolute Gasteiger partial charge is 0.245 e. The first-order chi connectivity index (χ1) is 12.3. The number of aromatic nitrogens is 4. The molecule has 4 aromatic rings. The predicted octanol–water partition coefficient (Wildman–Crippen LogP) is 4.71. The summed E-state index contributed by atoms with van der Waals surface area (Å²) in [6.45, 7) is 2.11. The minimum Gasteiger partial charge on any atom is -0.245 e. The third kappa shape index (κ3) is 2.89. The van der Waals surface area contributed by atoms with Crippen molar-refractivity contribution in [2.24, 2.45) is 0 Å². The summed E-state index contributed by atoms with van der Waals surface area (Å²) in [4.78, 5) is 8.41. The second-order valence-electron chi connectivity index (χ2n) is 5.42. The van der Waals surface area contributed by atoms with Gasteiger partial charge in [0.2, 0.25) is 0 Å². The fourth-order valence-corrected chi connectivity index (χ4v) is 3.54. The van der Waals surface area contributed by atoms with Crippen LogP contribution >= 0.6 is 11.8 Å². The van der Waals surface area contributed by atoms with Gasteiger partial charge in [0, 0.05) is 11.8 Å². The number of benzene rings is 1. The van der Waals surface area contributed by atoms with E-state index in [9.17, 15) is 4.39 Å². The molecule has 0 spiro atoms. The molecule has 0 aliphatic carbocycles. The van der Waals surface area contributed by atoms with Crippen molar-refractivity contribution in [2.75, 3.05) is 5.75 Å². The maximum absolute atomic E-state index is 13.3. The second-order valence-corrected chi connectivity index (χ2v) is 6.70. The lowest BCUT2D eigenvalue weighted by Gasteiger charge is -2.03. The van der Waals surface area contributed by atoms with Gasteiger partial charge in [-0.2, -0.15) is 5.10 Å². The number of hydrogen-bond acceptors (Lipinski definition) is 4. The van der Waals surface area contributed by atoms with Crippen LogP contribution in [0.1, 0.15) is 6.92 Å². The molecule has 124 valence electrons. The van der Waals surface area contributed by atoms with Crippen LogP contribution in [0.4, 0.5) is 4.39 Å². The number of rotatable bonds is 4. The number of fused-ring (bicyclic) bond motifs is 1. The van der Waals surface area contributed by atoms with Crippen molar-refractivity contribution in [2.45, 2.75) is 11.9 Å². The lowest BCUT2D eigenvalue weighted by Crippen LogP contribution is -1.92. The zero-order chi connectivity index (χ0) is 17.2. The fraction of sp³-hybridized carbons (Fsp3) is 0.105.